The van der Waals surface area contributed by atoms with Crippen molar-refractivity contribution in [2.75, 3.05) is 0 Å². The van der Waals surface area contributed by atoms with Gasteiger partial charge in [-0.2, -0.15) is 5.26 Å². The maximum Gasteiger partial charge on any atom is 0.140 e. The minimum absolute atomic E-state index is 0.178. The van der Waals surface area contributed by atoms with Gasteiger partial charge in [0, 0.05) is 6.20 Å². The van der Waals surface area contributed by atoms with Gasteiger partial charge in [0.1, 0.15) is 11.8 Å². The molecule has 38 valence electrons. The topological polar surface area (TPSA) is 36.7 Å². The number of aromatic nitrogens is 1. The van der Waals surface area contributed by atoms with Crippen LogP contribution in [0.3, 0.4) is 0 Å². The maximum atomic E-state index is 8.29. The highest BCUT2D eigenvalue weighted by Gasteiger charge is 1.81. The molecule has 1 aromatic heterocycles. The van der Waals surface area contributed by atoms with Crippen molar-refractivity contribution in [1.29, 1.82) is 5.26 Å². The molecule has 0 spiro atoms. The first-order valence-corrected chi connectivity index (χ1v) is 2.16. The normalized spacial score (nSPS) is 9.62. The van der Waals surface area contributed by atoms with Gasteiger partial charge in [0.15, 0.2) is 0 Å². The lowest BCUT2D eigenvalue weighted by Gasteiger charge is -1.79. The van der Waals surface area contributed by atoms with Gasteiger partial charge in [-0.3, -0.25) is 0 Å². The minimum atomic E-state index is 0.178. The zero-order valence-corrected chi connectivity index (χ0v) is 4.13. The summed E-state index contributed by atoms with van der Waals surface area (Å²) in [6.07, 6.45) is 1.50. The van der Waals surface area contributed by atoms with Gasteiger partial charge < -0.3 is 0 Å². The third-order valence-electron chi connectivity index (χ3n) is 0.712. The molecule has 0 unspecified atom stereocenters. The molecule has 0 aliphatic heterocycles. The van der Waals surface area contributed by atoms with Crippen molar-refractivity contribution in [2.45, 2.75) is 0 Å². The predicted octanol–water partition coefficient (Wildman–Crippen LogP) is 0.953. The fraction of sp³-hybridized carbons (Fsp3) is 0. The number of nitriles is 1. The summed E-state index contributed by atoms with van der Waals surface area (Å²) in [6, 6.07) is 5.14. The number of pyridine rings is 1. The highest BCUT2D eigenvalue weighted by Crippen LogP contribution is 1.86. The van der Waals surface area contributed by atoms with E-state index in [0.717, 1.165) is 0 Å². The second-order valence-corrected chi connectivity index (χ2v) is 1.24. The molecule has 0 aliphatic carbocycles. The Morgan fingerprint density at radius 3 is 3.12 bits per heavy atom. The van der Waals surface area contributed by atoms with E-state index in [4.69, 9.17) is 6.63 Å². The maximum absolute atomic E-state index is 8.29. The lowest BCUT2D eigenvalue weighted by Crippen LogP contribution is -1.75. The number of rotatable bonds is 0. The van der Waals surface area contributed by atoms with Crippen molar-refractivity contribution >= 4 is 0 Å². The molecule has 1 rings (SSSR count). The highest BCUT2D eigenvalue weighted by molar-refractivity contribution is 5.18. The van der Waals surface area contributed by atoms with Crippen LogP contribution in [0.2, 0.25) is 0 Å². The summed E-state index contributed by atoms with van der Waals surface area (Å²) in [5.41, 5.74) is 0.178. The quantitative estimate of drug-likeness (QED) is 0.493. The fourth-order valence-electron chi connectivity index (χ4n) is 0.386. The van der Waals surface area contributed by atoms with E-state index in [1.807, 2.05) is 0 Å². The molecule has 0 aromatic carbocycles. The average Bonchev–Trinajstić information content (AvgIpc) is 1.89. The summed E-state index contributed by atoms with van der Waals surface area (Å²) in [4.78, 5) is 3.65. The van der Waals surface area contributed by atoms with Crippen LogP contribution < -0.4 is 0 Å². The van der Waals surface area contributed by atoms with E-state index in [9.17, 15) is 0 Å². The Bertz CT molecular complexity index is 251. The van der Waals surface area contributed by atoms with Crippen LogP contribution in [0.15, 0.2) is 24.4 Å². The van der Waals surface area contributed by atoms with Crippen molar-refractivity contribution in [3.05, 3.63) is 30.1 Å². The number of nitrogens with zero attached hydrogens (tertiary/aromatic N) is 2. The lowest BCUT2D eigenvalue weighted by atomic mass is 10.4. The Hall–Kier alpha value is -1.36. The Balaban J connectivity index is 3.20. The van der Waals surface area contributed by atoms with Crippen LogP contribution in [0.5, 0.6) is 0 Å². The molecular formula is C6H4N2. The van der Waals surface area contributed by atoms with E-state index in [2.05, 4.69) is 4.98 Å². The predicted molar refractivity (Wildman–Crippen MR) is 29.0 cm³/mol. The van der Waals surface area contributed by atoms with Gasteiger partial charge >= 0.3 is 0 Å². The van der Waals surface area contributed by atoms with Gasteiger partial charge in [0.05, 0.1) is 1.37 Å². The molecule has 0 radical (unpaired) electrons. The molecule has 2 heteroatoms. The van der Waals surface area contributed by atoms with Crippen molar-refractivity contribution in [1.82, 2.24) is 4.98 Å². The molecule has 0 bridgehead atoms. The molecular weight excluding hydrogens is 100 g/mol. The summed E-state index contributed by atoms with van der Waals surface area (Å²) in [6.45, 7) is 0. The minimum Gasteiger partial charge on any atom is -0.246 e. The molecule has 0 fully saturated rings. The molecule has 0 saturated heterocycles. The molecule has 0 N–H and O–H groups in total. The monoisotopic (exact) mass is 106 g/mol. The van der Waals surface area contributed by atoms with Crippen LogP contribution in [0.4, 0.5) is 0 Å². The SMILES string of the molecule is [3H]c1cccnc1C#N. The van der Waals surface area contributed by atoms with Gasteiger partial charge in [-0.15, -0.1) is 0 Å². The first kappa shape index (κ1) is 3.62. The molecule has 0 amide bonds. The van der Waals surface area contributed by atoms with Crippen molar-refractivity contribution in [3.8, 4) is 6.07 Å². The summed E-state index contributed by atoms with van der Waals surface area (Å²) in [7, 11) is 0. The lowest BCUT2D eigenvalue weighted by molar-refractivity contribution is 1.26. The van der Waals surface area contributed by atoms with Crippen LogP contribution >= 0.6 is 0 Å². The molecule has 1 heterocycles. The first-order valence-electron chi connectivity index (χ1n) is 2.66. The van der Waals surface area contributed by atoms with E-state index >= 15 is 0 Å². The van der Waals surface area contributed by atoms with E-state index in [1.165, 1.54) is 12.3 Å². The summed E-state index contributed by atoms with van der Waals surface area (Å²) >= 11 is 0. The third kappa shape index (κ3) is 0.824. The summed E-state index contributed by atoms with van der Waals surface area (Å²) in [5, 5.41) is 8.29. The Morgan fingerprint density at radius 2 is 2.62 bits per heavy atom. The number of hydrogen-bond donors (Lipinski definition) is 0. The summed E-state index contributed by atoms with van der Waals surface area (Å²) in [5.74, 6) is 0. The zero-order valence-electron chi connectivity index (χ0n) is 5.13. The molecule has 0 aliphatic rings. The van der Waals surface area contributed by atoms with Crippen LogP contribution in [-0.2, 0) is 0 Å². The van der Waals surface area contributed by atoms with Crippen LogP contribution in [0.1, 0.15) is 7.06 Å². The molecule has 1 aromatic rings. The standard InChI is InChI=1S/C6H4N2/c7-5-6-3-1-2-4-8-6/h1-4H/i3T. The van der Waals surface area contributed by atoms with Crippen molar-refractivity contribution < 1.29 is 1.37 Å². The Labute approximate surface area is 48.8 Å². The molecule has 2 nitrogen and oxygen atoms in total. The zero-order chi connectivity index (χ0) is 6.69. The Kier molecular flexibility index (Phi) is 0.941. The van der Waals surface area contributed by atoms with Crippen LogP contribution in [0, 0.1) is 11.3 Å². The largest absolute Gasteiger partial charge is 0.246 e. The van der Waals surface area contributed by atoms with Gasteiger partial charge in [0.2, 0.25) is 0 Å². The van der Waals surface area contributed by atoms with Gasteiger partial charge in [0.25, 0.3) is 0 Å². The van der Waals surface area contributed by atoms with Gasteiger partial charge in [-0.25, -0.2) is 4.98 Å². The summed E-state index contributed by atoms with van der Waals surface area (Å²) < 4.78 is 7.09. The Morgan fingerprint density at radius 1 is 1.75 bits per heavy atom. The molecule has 0 saturated carbocycles. The van der Waals surface area contributed by atoms with Crippen molar-refractivity contribution in [3.63, 3.8) is 0 Å². The molecule has 0 atom stereocenters. The van der Waals surface area contributed by atoms with E-state index < -0.39 is 0 Å². The van der Waals surface area contributed by atoms with Gasteiger partial charge in [-0.1, -0.05) is 6.07 Å². The third-order valence-corrected chi connectivity index (χ3v) is 0.712. The van der Waals surface area contributed by atoms with Gasteiger partial charge in [-0.05, 0) is 12.1 Å². The van der Waals surface area contributed by atoms with E-state index in [1.54, 1.807) is 12.1 Å². The number of hydrogen-bond acceptors (Lipinski definition) is 2. The van der Waals surface area contributed by atoms with Crippen LogP contribution in [0.25, 0.3) is 0 Å². The molecule has 8 heavy (non-hydrogen) atoms. The average molecular weight is 106 g/mol. The van der Waals surface area contributed by atoms with Crippen molar-refractivity contribution in [2.24, 2.45) is 0 Å². The van der Waals surface area contributed by atoms with Crippen LogP contribution in [-0.4, -0.2) is 4.98 Å². The van der Waals surface area contributed by atoms with E-state index in [0.29, 0.717) is 0 Å². The first-order chi connectivity index (χ1) is 4.34. The smallest absolute Gasteiger partial charge is 0.140 e. The second kappa shape index (κ2) is 2.08. The van der Waals surface area contributed by atoms with E-state index in [-0.39, 0.29) is 11.7 Å². The fourth-order valence-corrected chi connectivity index (χ4v) is 0.386. The highest BCUT2D eigenvalue weighted by atomic mass is 14.7. The second-order valence-electron chi connectivity index (χ2n) is 1.24.